The van der Waals surface area contributed by atoms with Crippen molar-refractivity contribution in [2.75, 3.05) is 32.2 Å². The van der Waals surface area contributed by atoms with Crippen molar-refractivity contribution in [3.63, 3.8) is 0 Å². The number of esters is 1. The van der Waals surface area contributed by atoms with Crippen molar-refractivity contribution >= 4 is 17.6 Å². The van der Waals surface area contributed by atoms with Crippen molar-refractivity contribution in [3.8, 4) is 17.2 Å². The van der Waals surface area contributed by atoms with Gasteiger partial charge >= 0.3 is 5.97 Å². The molecule has 0 aliphatic carbocycles. The summed E-state index contributed by atoms with van der Waals surface area (Å²) in [6.07, 6.45) is 0. The average Bonchev–Trinajstić information content (AvgIpc) is 2.68. The third-order valence-corrected chi connectivity index (χ3v) is 4.28. The van der Waals surface area contributed by atoms with Crippen LogP contribution in [0.3, 0.4) is 0 Å². The number of nitrogens with one attached hydrogen (secondary N) is 1. The van der Waals surface area contributed by atoms with E-state index in [1.165, 1.54) is 19.2 Å². The third-order valence-electron chi connectivity index (χ3n) is 4.28. The Morgan fingerprint density at radius 3 is 2.70 bits per heavy atom. The van der Waals surface area contributed by atoms with E-state index in [1.807, 2.05) is 26.0 Å². The highest BCUT2D eigenvalue weighted by Crippen LogP contribution is 2.40. The fourth-order valence-electron chi connectivity index (χ4n) is 2.68. The number of hydrogen-bond donors (Lipinski definition) is 1. The summed E-state index contributed by atoms with van der Waals surface area (Å²) < 4.78 is 21.4. The molecule has 3 rings (SSSR count). The van der Waals surface area contributed by atoms with Crippen LogP contribution in [0.1, 0.15) is 21.5 Å². The molecular formula is C20H21NO6. The van der Waals surface area contributed by atoms with E-state index < -0.39 is 18.5 Å². The topological polar surface area (TPSA) is 83.1 Å². The zero-order valence-corrected chi connectivity index (χ0v) is 15.5. The maximum Gasteiger partial charge on any atom is 0.338 e. The number of ether oxygens (including phenoxy) is 4. The first-order valence-electron chi connectivity index (χ1n) is 8.50. The minimum Gasteiger partial charge on any atom is -0.493 e. The van der Waals surface area contributed by atoms with Crippen LogP contribution in [0.15, 0.2) is 30.3 Å². The van der Waals surface area contributed by atoms with E-state index >= 15 is 0 Å². The van der Waals surface area contributed by atoms with Crippen LogP contribution in [0.5, 0.6) is 17.2 Å². The van der Waals surface area contributed by atoms with E-state index in [9.17, 15) is 9.59 Å². The van der Waals surface area contributed by atoms with Crippen LogP contribution in [-0.4, -0.2) is 38.8 Å². The molecule has 1 N–H and O–H groups in total. The zero-order valence-electron chi connectivity index (χ0n) is 15.5. The molecule has 0 aromatic heterocycles. The minimum atomic E-state index is -0.651. The summed E-state index contributed by atoms with van der Waals surface area (Å²) in [5.74, 6) is 0.169. The summed E-state index contributed by atoms with van der Waals surface area (Å²) in [4.78, 5) is 24.4. The highest BCUT2D eigenvalue weighted by Gasteiger charge is 2.22. The molecule has 1 aliphatic rings. The fraction of sp³-hybridized carbons (Fsp3) is 0.300. The maximum absolute atomic E-state index is 12.3. The highest BCUT2D eigenvalue weighted by atomic mass is 16.6. The molecule has 27 heavy (non-hydrogen) atoms. The van der Waals surface area contributed by atoms with Crippen LogP contribution in [0.25, 0.3) is 0 Å². The Hall–Kier alpha value is -3.22. The zero-order chi connectivity index (χ0) is 19.4. The largest absolute Gasteiger partial charge is 0.493 e. The molecule has 0 saturated heterocycles. The number of rotatable bonds is 5. The molecule has 7 heteroatoms. The Balaban J connectivity index is 1.65. The summed E-state index contributed by atoms with van der Waals surface area (Å²) in [6, 6.07) is 8.62. The van der Waals surface area contributed by atoms with E-state index in [-0.39, 0.29) is 5.56 Å². The standard InChI is InChI=1S/C20H21NO6/c1-12-5-4-6-15(13(12)2)21-18(22)11-27-20(23)14-9-16(24-3)19-17(10-14)25-7-8-26-19/h4-6,9-10H,7-8,11H2,1-3H3,(H,21,22). The molecule has 0 saturated carbocycles. The van der Waals surface area contributed by atoms with E-state index in [1.54, 1.807) is 6.07 Å². The van der Waals surface area contributed by atoms with E-state index in [4.69, 9.17) is 18.9 Å². The van der Waals surface area contributed by atoms with Gasteiger partial charge in [-0.25, -0.2) is 4.79 Å². The summed E-state index contributed by atoms with van der Waals surface area (Å²) in [5, 5.41) is 2.74. The smallest absolute Gasteiger partial charge is 0.338 e. The molecule has 1 amide bonds. The predicted octanol–water partition coefficient (Wildman–Crippen LogP) is 2.88. The Bertz CT molecular complexity index is 860. The Labute approximate surface area is 157 Å². The lowest BCUT2D eigenvalue weighted by atomic mass is 10.1. The molecular weight excluding hydrogens is 350 g/mol. The molecule has 2 aromatic carbocycles. The molecule has 1 heterocycles. The summed E-state index contributed by atoms with van der Waals surface area (Å²) in [6.45, 7) is 4.26. The minimum absolute atomic E-state index is 0.218. The number of fused-ring (bicyclic) bond motifs is 1. The van der Waals surface area contributed by atoms with Gasteiger partial charge in [-0.3, -0.25) is 4.79 Å². The number of hydrogen-bond acceptors (Lipinski definition) is 6. The quantitative estimate of drug-likeness (QED) is 0.814. The molecule has 1 aliphatic heterocycles. The molecule has 0 atom stereocenters. The van der Waals surface area contributed by atoms with Crippen LogP contribution in [-0.2, 0) is 9.53 Å². The van der Waals surface area contributed by atoms with Gasteiger partial charge in [0, 0.05) is 5.69 Å². The normalized spacial score (nSPS) is 12.3. The molecule has 7 nitrogen and oxygen atoms in total. The Morgan fingerprint density at radius 2 is 1.93 bits per heavy atom. The first-order valence-corrected chi connectivity index (χ1v) is 8.50. The highest BCUT2D eigenvalue weighted by molar-refractivity contribution is 5.96. The molecule has 0 bridgehead atoms. The molecule has 0 radical (unpaired) electrons. The number of carbonyl (C=O) groups excluding carboxylic acids is 2. The van der Waals surface area contributed by atoms with E-state index in [2.05, 4.69) is 5.32 Å². The van der Waals surface area contributed by atoms with Gasteiger partial charge in [0.25, 0.3) is 5.91 Å². The Kier molecular flexibility index (Phi) is 5.49. The second kappa shape index (κ2) is 7.99. The average molecular weight is 371 g/mol. The van der Waals surface area contributed by atoms with E-state index in [0.717, 1.165) is 11.1 Å². The van der Waals surface area contributed by atoms with Gasteiger partial charge in [0.05, 0.1) is 12.7 Å². The van der Waals surface area contributed by atoms with Crippen molar-refractivity contribution in [2.24, 2.45) is 0 Å². The molecule has 0 unspecified atom stereocenters. The lowest BCUT2D eigenvalue weighted by Gasteiger charge is -2.21. The molecule has 0 fully saturated rings. The van der Waals surface area contributed by atoms with Crippen LogP contribution < -0.4 is 19.5 Å². The summed E-state index contributed by atoms with van der Waals surface area (Å²) >= 11 is 0. The van der Waals surface area contributed by atoms with Crippen molar-refractivity contribution in [1.29, 1.82) is 0 Å². The van der Waals surface area contributed by atoms with Crippen LogP contribution in [0.2, 0.25) is 0 Å². The number of anilines is 1. The van der Waals surface area contributed by atoms with Crippen molar-refractivity contribution in [2.45, 2.75) is 13.8 Å². The van der Waals surface area contributed by atoms with Gasteiger partial charge in [-0.1, -0.05) is 12.1 Å². The number of methoxy groups -OCH3 is 1. The van der Waals surface area contributed by atoms with Crippen molar-refractivity contribution in [1.82, 2.24) is 0 Å². The summed E-state index contributed by atoms with van der Waals surface area (Å²) in [5.41, 5.74) is 2.94. The van der Waals surface area contributed by atoms with Gasteiger partial charge in [-0.15, -0.1) is 0 Å². The molecule has 0 spiro atoms. The molecule has 2 aromatic rings. The number of carbonyl (C=O) groups is 2. The van der Waals surface area contributed by atoms with Gasteiger partial charge in [-0.2, -0.15) is 0 Å². The predicted molar refractivity (Wildman–Crippen MR) is 98.8 cm³/mol. The number of aryl methyl sites for hydroxylation is 1. The van der Waals surface area contributed by atoms with Gasteiger partial charge in [-0.05, 0) is 43.2 Å². The van der Waals surface area contributed by atoms with Crippen LogP contribution in [0, 0.1) is 13.8 Å². The first-order chi connectivity index (χ1) is 13.0. The van der Waals surface area contributed by atoms with Crippen LogP contribution >= 0.6 is 0 Å². The summed E-state index contributed by atoms with van der Waals surface area (Å²) in [7, 11) is 1.47. The van der Waals surface area contributed by atoms with Gasteiger partial charge in [0.15, 0.2) is 18.1 Å². The second-order valence-corrected chi connectivity index (χ2v) is 6.07. The number of amides is 1. The van der Waals surface area contributed by atoms with Crippen LogP contribution in [0.4, 0.5) is 5.69 Å². The first kappa shape index (κ1) is 18.6. The SMILES string of the molecule is COc1cc(C(=O)OCC(=O)Nc2cccc(C)c2C)cc2c1OCCO2. The third kappa shape index (κ3) is 4.13. The monoisotopic (exact) mass is 371 g/mol. The lowest BCUT2D eigenvalue weighted by molar-refractivity contribution is -0.119. The van der Waals surface area contributed by atoms with Crippen molar-refractivity contribution < 1.29 is 28.5 Å². The van der Waals surface area contributed by atoms with Crippen molar-refractivity contribution in [3.05, 3.63) is 47.0 Å². The fourth-order valence-corrected chi connectivity index (χ4v) is 2.68. The lowest BCUT2D eigenvalue weighted by Crippen LogP contribution is -2.22. The molecule has 142 valence electrons. The van der Waals surface area contributed by atoms with Gasteiger partial charge < -0.3 is 24.3 Å². The van der Waals surface area contributed by atoms with E-state index in [0.29, 0.717) is 36.1 Å². The Morgan fingerprint density at radius 1 is 1.15 bits per heavy atom. The van der Waals surface area contributed by atoms with Gasteiger partial charge in [0.2, 0.25) is 5.75 Å². The number of benzene rings is 2. The van der Waals surface area contributed by atoms with Gasteiger partial charge in [0.1, 0.15) is 13.2 Å². The second-order valence-electron chi connectivity index (χ2n) is 6.07. The maximum atomic E-state index is 12.3.